The maximum Gasteiger partial charge on any atom is 0.251 e. The van der Waals surface area contributed by atoms with Crippen molar-refractivity contribution in [2.24, 2.45) is 5.92 Å². The Balaban J connectivity index is 1.82. The largest absolute Gasteiger partial charge is 0.508 e. The van der Waals surface area contributed by atoms with E-state index in [1.54, 1.807) is 24.3 Å². The molecule has 0 heterocycles. The van der Waals surface area contributed by atoms with E-state index in [9.17, 15) is 9.90 Å². The fourth-order valence-electron chi connectivity index (χ4n) is 2.89. The summed E-state index contributed by atoms with van der Waals surface area (Å²) in [7, 11) is 0. The molecule has 1 saturated carbocycles. The number of phenolic OH excluding ortho intramolecular Hbond substituents is 1. The molecule has 0 aromatic heterocycles. The van der Waals surface area contributed by atoms with E-state index in [1.165, 1.54) is 25.7 Å². The summed E-state index contributed by atoms with van der Waals surface area (Å²) in [6.45, 7) is 2.23. The smallest absolute Gasteiger partial charge is 0.251 e. The Morgan fingerprint density at radius 3 is 2.42 bits per heavy atom. The van der Waals surface area contributed by atoms with Crippen molar-refractivity contribution in [3.63, 3.8) is 0 Å². The van der Waals surface area contributed by atoms with Gasteiger partial charge in [-0.05, 0) is 55.9 Å². The van der Waals surface area contributed by atoms with E-state index < -0.39 is 0 Å². The summed E-state index contributed by atoms with van der Waals surface area (Å²) < 4.78 is 0. The summed E-state index contributed by atoms with van der Waals surface area (Å²) >= 11 is 0. The van der Waals surface area contributed by atoms with Crippen LogP contribution in [0.4, 0.5) is 0 Å². The Morgan fingerprint density at radius 1 is 1.21 bits per heavy atom. The minimum atomic E-state index is -0.0288. The summed E-state index contributed by atoms with van der Waals surface area (Å²) in [6, 6.07) is 6.73. The summed E-state index contributed by atoms with van der Waals surface area (Å²) in [4.78, 5) is 12.0. The van der Waals surface area contributed by atoms with Crippen LogP contribution in [0.1, 0.15) is 55.8 Å². The predicted molar refractivity (Wildman–Crippen MR) is 76.2 cm³/mol. The van der Waals surface area contributed by atoms with E-state index in [2.05, 4.69) is 12.2 Å². The molecule has 3 heteroatoms. The topological polar surface area (TPSA) is 49.3 Å². The van der Waals surface area contributed by atoms with Crippen LogP contribution in [0.15, 0.2) is 24.3 Å². The molecule has 0 radical (unpaired) electrons. The number of carbonyl (C=O) groups excluding carboxylic acids is 1. The van der Waals surface area contributed by atoms with Crippen molar-refractivity contribution < 1.29 is 9.90 Å². The monoisotopic (exact) mass is 261 g/mol. The first kappa shape index (κ1) is 13.9. The Hall–Kier alpha value is -1.51. The first-order valence-electron chi connectivity index (χ1n) is 7.29. The van der Waals surface area contributed by atoms with E-state index in [1.807, 2.05) is 0 Å². The molecule has 1 aromatic carbocycles. The second-order valence-electron chi connectivity index (χ2n) is 5.53. The molecule has 3 nitrogen and oxygen atoms in total. The van der Waals surface area contributed by atoms with Crippen molar-refractivity contribution in [2.75, 3.05) is 0 Å². The van der Waals surface area contributed by atoms with Gasteiger partial charge in [-0.3, -0.25) is 4.79 Å². The minimum absolute atomic E-state index is 0.0288. The quantitative estimate of drug-likeness (QED) is 0.871. The Labute approximate surface area is 115 Å². The first-order valence-corrected chi connectivity index (χ1v) is 7.29. The Morgan fingerprint density at radius 2 is 1.84 bits per heavy atom. The van der Waals surface area contributed by atoms with E-state index in [-0.39, 0.29) is 11.7 Å². The van der Waals surface area contributed by atoms with Gasteiger partial charge >= 0.3 is 0 Å². The number of aromatic hydroxyl groups is 1. The van der Waals surface area contributed by atoms with Gasteiger partial charge < -0.3 is 10.4 Å². The van der Waals surface area contributed by atoms with Crippen molar-refractivity contribution >= 4 is 5.91 Å². The summed E-state index contributed by atoms with van der Waals surface area (Å²) in [5, 5.41) is 12.3. The predicted octanol–water partition coefficient (Wildman–Crippen LogP) is 3.48. The molecule has 0 aliphatic heterocycles. The van der Waals surface area contributed by atoms with Gasteiger partial charge in [-0.15, -0.1) is 0 Å². The maximum atomic E-state index is 12.0. The lowest BCUT2D eigenvalue weighted by molar-refractivity contribution is 0.0921. The van der Waals surface area contributed by atoms with Gasteiger partial charge in [0.25, 0.3) is 5.91 Å². The molecule has 0 saturated heterocycles. The normalized spacial score (nSPS) is 23.0. The van der Waals surface area contributed by atoms with Gasteiger partial charge in [-0.25, -0.2) is 0 Å². The van der Waals surface area contributed by atoms with E-state index in [0.29, 0.717) is 11.6 Å². The highest BCUT2D eigenvalue weighted by Crippen LogP contribution is 2.27. The molecule has 1 aromatic rings. The molecule has 1 fully saturated rings. The molecular weight excluding hydrogens is 238 g/mol. The van der Waals surface area contributed by atoms with Gasteiger partial charge in [-0.1, -0.05) is 19.8 Å². The van der Waals surface area contributed by atoms with Crippen LogP contribution in [-0.4, -0.2) is 17.1 Å². The maximum absolute atomic E-state index is 12.0. The average Bonchev–Trinajstić information content (AvgIpc) is 2.42. The van der Waals surface area contributed by atoms with Gasteiger partial charge in [0, 0.05) is 11.6 Å². The fraction of sp³-hybridized carbons (Fsp3) is 0.562. The number of nitrogens with one attached hydrogen (secondary N) is 1. The number of carbonyl (C=O) groups is 1. The van der Waals surface area contributed by atoms with E-state index in [4.69, 9.17) is 0 Å². The number of hydrogen-bond acceptors (Lipinski definition) is 2. The van der Waals surface area contributed by atoms with Crippen molar-refractivity contribution in [3.05, 3.63) is 29.8 Å². The van der Waals surface area contributed by atoms with Crippen LogP contribution in [-0.2, 0) is 0 Å². The SMILES string of the molecule is CCCC1CCC(NC(=O)c2ccc(O)cc2)CC1. The first-order chi connectivity index (χ1) is 9.19. The number of rotatable bonds is 4. The average molecular weight is 261 g/mol. The van der Waals surface area contributed by atoms with Gasteiger partial charge in [0.05, 0.1) is 0 Å². The third-order valence-electron chi connectivity index (χ3n) is 4.01. The van der Waals surface area contributed by atoms with Gasteiger partial charge in [-0.2, -0.15) is 0 Å². The van der Waals surface area contributed by atoms with Crippen LogP contribution in [0.3, 0.4) is 0 Å². The fourth-order valence-corrected chi connectivity index (χ4v) is 2.89. The molecule has 0 bridgehead atoms. The standard InChI is InChI=1S/C16H23NO2/c1-2-3-12-4-8-14(9-5-12)17-16(19)13-6-10-15(18)11-7-13/h6-7,10-12,14,18H,2-5,8-9H2,1H3,(H,17,19). The highest BCUT2D eigenvalue weighted by molar-refractivity contribution is 5.94. The van der Waals surface area contributed by atoms with Gasteiger partial charge in [0.2, 0.25) is 0 Å². The molecule has 2 rings (SSSR count). The third-order valence-corrected chi connectivity index (χ3v) is 4.01. The van der Waals surface area contributed by atoms with Crippen LogP contribution in [0.2, 0.25) is 0 Å². The highest BCUT2D eigenvalue weighted by atomic mass is 16.3. The molecule has 19 heavy (non-hydrogen) atoms. The van der Waals surface area contributed by atoms with E-state index in [0.717, 1.165) is 18.8 Å². The molecule has 1 amide bonds. The Kier molecular flexibility index (Phi) is 4.83. The van der Waals surface area contributed by atoms with Crippen molar-refractivity contribution in [2.45, 2.75) is 51.5 Å². The van der Waals surface area contributed by atoms with Crippen LogP contribution < -0.4 is 5.32 Å². The summed E-state index contributed by atoms with van der Waals surface area (Å²) in [5.74, 6) is 1.02. The van der Waals surface area contributed by atoms with Crippen molar-refractivity contribution in [1.29, 1.82) is 0 Å². The molecule has 2 N–H and O–H groups in total. The van der Waals surface area contributed by atoms with Gasteiger partial charge in [0.15, 0.2) is 0 Å². The zero-order valence-electron chi connectivity index (χ0n) is 11.6. The molecule has 1 aliphatic carbocycles. The highest BCUT2D eigenvalue weighted by Gasteiger charge is 2.22. The third kappa shape index (κ3) is 3.98. The molecule has 0 unspecified atom stereocenters. The summed E-state index contributed by atoms with van der Waals surface area (Å²) in [5.41, 5.74) is 0.619. The van der Waals surface area contributed by atoms with Crippen LogP contribution in [0.5, 0.6) is 5.75 Å². The number of hydrogen-bond donors (Lipinski definition) is 2. The van der Waals surface area contributed by atoms with E-state index >= 15 is 0 Å². The van der Waals surface area contributed by atoms with Crippen LogP contribution in [0.25, 0.3) is 0 Å². The molecule has 104 valence electrons. The second kappa shape index (κ2) is 6.60. The van der Waals surface area contributed by atoms with Crippen molar-refractivity contribution in [1.82, 2.24) is 5.32 Å². The number of amides is 1. The lowest BCUT2D eigenvalue weighted by atomic mass is 9.83. The number of benzene rings is 1. The van der Waals surface area contributed by atoms with Crippen molar-refractivity contribution in [3.8, 4) is 5.75 Å². The lowest BCUT2D eigenvalue weighted by Crippen LogP contribution is -2.37. The second-order valence-corrected chi connectivity index (χ2v) is 5.53. The zero-order chi connectivity index (χ0) is 13.7. The van der Waals surface area contributed by atoms with Crippen LogP contribution in [0, 0.1) is 5.92 Å². The molecular formula is C16H23NO2. The lowest BCUT2D eigenvalue weighted by Gasteiger charge is -2.29. The molecule has 0 spiro atoms. The summed E-state index contributed by atoms with van der Waals surface area (Å²) in [6.07, 6.45) is 7.22. The molecule has 1 aliphatic rings. The van der Waals surface area contributed by atoms with Gasteiger partial charge in [0.1, 0.15) is 5.75 Å². The molecule has 0 atom stereocenters. The minimum Gasteiger partial charge on any atom is -0.508 e. The van der Waals surface area contributed by atoms with Crippen LogP contribution >= 0.6 is 0 Å². The zero-order valence-corrected chi connectivity index (χ0v) is 11.6. The number of phenols is 1. The Bertz CT molecular complexity index is 405.